The highest BCUT2D eigenvalue weighted by molar-refractivity contribution is 5.92. The Morgan fingerprint density at radius 2 is 1.91 bits per heavy atom. The summed E-state index contributed by atoms with van der Waals surface area (Å²) in [6.45, 7) is 1.85. The zero-order valence-corrected chi connectivity index (χ0v) is 12.6. The van der Waals surface area contributed by atoms with Crippen LogP contribution in [0.15, 0.2) is 30.5 Å². The number of carbonyl (C=O) groups excluding carboxylic acids is 1. The van der Waals surface area contributed by atoms with Crippen molar-refractivity contribution in [1.82, 2.24) is 9.97 Å². The number of rotatable bonds is 6. The van der Waals surface area contributed by atoms with E-state index in [0.29, 0.717) is 11.4 Å². The third-order valence-electron chi connectivity index (χ3n) is 2.77. The zero-order valence-electron chi connectivity index (χ0n) is 12.6. The van der Waals surface area contributed by atoms with Gasteiger partial charge in [-0.05, 0) is 19.1 Å². The van der Waals surface area contributed by atoms with Gasteiger partial charge in [0.05, 0.1) is 20.4 Å². The fourth-order valence-corrected chi connectivity index (χ4v) is 1.66. The molecule has 1 heterocycles. The van der Waals surface area contributed by atoms with E-state index in [0.717, 1.165) is 5.56 Å². The maximum atomic E-state index is 11.9. The van der Waals surface area contributed by atoms with Crippen molar-refractivity contribution in [1.29, 1.82) is 0 Å². The van der Waals surface area contributed by atoms with E-state index < -0.39 is 0 Å². The standard InChI is InChI=1S/C15H17N3O4/c1-10-4-6-11(7-5-10)22-9-13(19)17-12-8-16-15(21-3)18-14(12)20-2/h4-8H,9H2,1-3H3,(H,17,19). The first-order valence-corrected chi connectivity index (χ1v) is 6.56. The number of hydrogen-bond donors (Lipinski definition) is 1. The highest BCUT2D eigenvalue weighted by atomic mass is 16.5. The van der Waals surface area contributed by atoms with Gasteiger partial charge in [0.1, 0.15) is 11.4 Å². The molecule has 0 saturated heterocycles. The lowest BCUT2D eigenvalue weighted by atomic mass is 10.2. The maximum Gasteiger partial charge on any atom is 0.319 e. The van der Waals surface area contributed by atoms with Crippen LogP contribution in [0.25, 0.3) is 0 Å². The third-order valence-corrected chi connectivity index (χ3v) is 2.77. The first-order chi connectivity index (χ1) is 10.6. The molecule has 0 spiro atoms. The van der Waals surface area contributed by atoms with Crippen LogP contribution in [0.4, 0.5) is 5.69 Å². The number of ether oxygens (including phenoxy) is 3. The second-order valence-electron chi connectivity index (χ2n) is 4.43. The molecule has 0 aliphatic heterocycles. The Balaban J connectivity index is 1.95. The Labute approximate surface area is 128 Å². The molecule has 7 heteroatoms. The van der Waals surface area contributed by atoms with E-state index in [2.05, 4.69) is 15.3 Å². The van der Waals surface area contributed by atoms with E-state index in [4.69, 9.17) is 14.2 Å². The lowest BCUT2D eigenvalue weighted by molar-refractivity contribution is -0.118. The molecule has 7 nitrogen and oxygen atoms in total. The Morgan fingerprint density at radius 3 is 2.55 bits per heavy atom. The Bertz CT molecular complexity index is 644. The molecule has 22 heavy (non-hydrogen) atoms. The summed E-state index contributed by atoms with van der Waals surface area (Å²) in [6, 6.07) is 7.59. The molecular weight excluding hydrogens is 286 g/mol. The smallest absolute Gasteiger partial charge is 0.319 e. The fraction of sp³-hybridized carbons (Fsp3) is 0.267. The number of aryl methyl sites for hydroxylation is 1. The van der Waals surface area contributed by atoms with Crippen LogP contribution in [0, 0.1) is 6.92 Å². The first-order valence-electron chi connectivity index (χ1n) is 6.56. The number of nitrogens with zero attached hydrogens (tertiary/aromatic N) is 2. The second kappa shape index (κ2) is 7.26. The molecule has 1 N–H and O–H groups in total. The highest BCUT2D eigenvalue weighted by Crippen LogP contribution is 2.22. The van der Waals surface area contributed by atoms with Gasteiger partial charge in [-0.1, -0.05) is 17.7 Å². The molecule has 2 aromatic rings. The van der Waals surface area contributed by atoms with Crippen LogP contribution in [0.2, 0.25) is 0 Å². The van der Waals surface area contributed by atoms with Crippen LogP contribution < -0.4 is 19.5 Å². The highest BCUT2D eigenvalue weighted by Gasteiger charge is 2.11. The molecule has 0 aliphatic rings. The molecule has 0 bridgehead atoms. The number of methoxy groups -OCH3 is 2. The van der Waals surface area contributed by atoms with Gasteiger partial charge >= 0.3 is 6.01 Å². The van der Waals surface area contributed by atoms with Crippen LogP contribution >= 0.6 is 0 Å². The van der Waals surface area contributed by atoms with Crippen molar-refractivity contribution in [3.8, 4) is 17.6 Å². The van der Waals surface area contributed by atoms with Crippen molar-refractivity contribution in [2.75, 3.05) is 26.1 Å². The Hall–Kier alpha value is -2.83. The van der Waals surface area contributed by atoms with Gasteiger partial charge in [0, 0.05) is 0 Å². The predicted octanol–water partition coefficient (Wildman–Crippen LogP) is 1.82. The van der Waals surface area contributed by atoms with Crippen LogP contribution in [-0.4, -0.2) is 36.7 Å². The van der Waals surface area contributed by atoms with E-state index >= 15 is 0 Å². The molecule has 0 radical (unpaired) electrons. The van der Waals surface area contributed by atoms with Gasteiger partial charge in [0.2, 0.25) is 5.88 Å². The van der Waals surface area contributed by atoms with E-state index in [9.17, 15) is 4.79 Å². The normalized spacial score (nSPS) is 9.95. The number of amides is 1. The largest absolute Gasteiger partial charge is 0.484 e. The minimum atomic E-state index is -0.340. The number of aromatic nitrogens is 2. The molecule has 0 fully saturated rings. The summed E-state index contributed by atoms with van der Waals surface area (Å²) in [5.74, 6) is 0.502. The van der Waals surface area contributed by atoms with Crippen molar-refractivity contribution >= 4 is 11.6 Å². The number of hydrogen-bond acceptors (Lipinski definition) is 6. The molecule has 1 amide bonds. The SMILES string of the molecule is COc1ncc(NC(=O)COc2ccc(C)cc2)c(OC)n1. The number of benzene rings is 1. The molecule has 0 saturated carbocycles. The monoisotopic (exact) mass is 303 g/mol. The second-order valence-corrected chi connectivity index (χ2v) is 4.43. The minimum absolute atomic E-state index is 0.127. The van der Waals surface area contributed by atoms with E-state index in [1.165, 1.54) is 20.4 Å². The summed E-state index contributed by atoms with van der Waals surface area (Å²) in [4.78, 5) is 19.8. The molecule has 2 rings (SSSR count). The summed E-state index contributed by atoms with van der Waals surface area (Å²) in [6.07, 6.45) is 1.41. The summed E-state index contributed by atoms with van der Waals surface area (Å²) in [5, 5.41) is 2.62. The molecule has 0 unspecified atom stereocenters. The van der Waals surface area contributed by atoms with Crippen molar-refractivity contribution < 1.29 is 19.0 Å². The summed E-state index contributed by atoms with van der Waals surface area (Å²) in [7, 11) is 2.89. The van der Waals surface area contributed by atoms with Crippen LogP contribution in [0.3, 0.4) is 0 Å². The number of carbonyl (C=O) groups is 1. The Morgan fingerprint density at radius 1 is 1.18 bits per heavy atom. The van der Waals surface area contributed by atoms with Gasteiger partial charge in [-0.3, -0.25) is 4.79 Å². The molecule has 1 aromatic carbocycles. The summed E-state index contributed by atoms with van der Waals surface area (Å²) >= 11 is 0. The average molecular weight is 303 g/mol. The number of nitrogens with one attached hydrogen (secondary N) is 1. The van der Waals surface area contributed by atoms with Gasteiger partial charge in [-0.15, -0.1) is 0 Å². The third kappa shape index (κ3) is 4.08. The molecule has 0 aliphatic carbocycles. The average Bonchev–Trinajstić information content (AvgIpc) is 2.54. The van der Waals surface area contributed by atoms with Crippen LogP contribution in [0.1, 0.15) is 5.56 Å². The van der Waals surface area contributed by atoms with Gasteiger partial charge in [-0.2, -0.15) is 4.98 Å². The van der Waals surface area contributed by atoms with Gasteiger partial charge in [-0.25, -0.2) is 4.98 Å². The van der Waals surface area contributed by atoms with Gasteiger partial charge in [0.15, 0.2) is 6.61 Å². The molecular formula is C15H17N3O4. The molecule has 0 atom stereocenters. The quantitative estimate of drug-likeness (QED) is 0.876. The summed E-state index contributed by atoms with van der Waals surface area (Å²) in [5.41, 5.74) is 1.47. The topological polar surface area (TPSA) is 82.6 Å². The van der Waals surface area contributed by atoms with E-state index in [-0.39, 0.29) is 24.4 Å². The van der Waals surface area contributed by atoms with Crippen molar-refractivity contribution in [2.24, 2.45) is 0 Å². The van der Waals surface area contributed by atoms with Crippen LogP contribution in [0.5, 0.6) is 17.6 Å². The maximum absolute atomic E-state index is 11.9. The Kier molecular flexibility index (Phi) is 5.13. The number of anilines is 1. The molecule has 1 aromatic heterocycles. The predicted molar refractivity (Wildman–Crippen MR) is 80.4 cm³/mol. The van der Waals surface area contributed by atoms with E-state index in [1.807, 2.05) is 19.1 Å². The zero-order chi connectivity index (χ0) is 15.9. The first kappa shape index (κ1) is 15.6. The van der Waals surface area contributed by atoms with Gasteiger partial charge in [0.25, 0.3) is 5.91 Å². The molecule has 116 valence electrons. The van der Waals surface area contributed by atoms with Gasteiger partial charge < -0.3 is 19.5 Å². The van der Waals surface area contributed by atoms with E-state index in [1.54, 1.807) is 12.1 Å². The van der Waals surface area contributed by atoms with Crippen LogP contribution in [-0.2, 0) is 4.79 Å². The fourth-order valence-electron chi connectivity index (χ4n) is 1.66. The van der Waals surface area contributed by atoms with Crippen molar-refractivity contribution in [3.05, 3.63) is 36.0 Å². The summed E-state index contributed by atoms with van der Waals surface area (Å²) < 4.78 is 15.4. The van der Waals surface area contributed by atoms with Crippen molar-refractivity contribution in [3.63, 3.8) is 0 Å². The lowest BCUT2D eigenvalue weighted by Crippen LogP contribution is -2.21. The lowest BCUT2D eigenvalue weighted by Gasteiger charge is -2.10. The minimum Gasteiger partial charge on any atom is -0.484 e. The van der Waals surface area contributed by atoms with Crippen molar-refractivity contribution in [2.45, 2.75) is 6.92 Å².